The minimum absolute atomic E-state index is 0.138. The van der Waals surface area contributed by atoms with Crippen LogP contribution >= 0.6 is 22.9 Å². The van der Waals surface area contributed by atoms with Gasteiger partial charge in [-0.25, -0.2) is 8.42 Å². The predicted molar refractivity (Wildman–Crippen MR) is 149 cm³/mol. The number of hydrogen-bond donors (Lipinski definition) is 1. The van der Waals surface area contributed by atoms with E-state index in [0.29, 0.717) is 11.6 Å². The number of halogens is 1. The van der Waals surface area contributed by atoms with E-state index in [1.54, 1.807) is 25.3 Å². The maximum absolute atomic E-state index is 13.8. The quantitative estimate of drug-likeness (QED) is 0.486. The van der Waals surface area contributed by atoms with E-state index in [-0.39, 0.29) is 35.4 Å². The fourth-order valence-electron chi connectivity index (χ4n) is 6.16. The number of carbonyl (C=O) groups excluding carboxylic acids is 1. The molecule has 202 valence electrons. The number of amides is 1. The molecular weight excluding hydrogens is 544 g/mol. The van der Waals surface area contributed by atoms with E-state index in [1.807, 2.05) is 17.0 Å². The molecule has 2 aromatic carbocycles. The van der Waals surface area contributed by atoms with Crippen LogP contribution in [0.4, 0.5) is 0 Å². The van der Waals surface area contributed by atoms with Crippen molar-refractivity contribution in [2.45, 2.75) is 34.8 Å². The fraction of sp³-hybridized carbons (Fsp3) is 0.444. The summed E-state index contributed by atoms with van der Waals surface area (Å²) in [6.07, 6.45) is 1.75. The molecule has 6 rings (SSSR count). The van der Waals surface area contributed by atoms with Crippen molar-refractivity contribution < 1.29 is 17.9 Å². The average Bonchev–Trinajstić information content (AvgIpc) is 3.46. The molecule has 1 N–H and O–H groups in total. The van der Waals surface area contributed by atoms with Crippen LogP contribution in [0.1, 0.15) is 18.4 Å². The molecule has 0 aliphatic carbocycles. The first kappa shape index (κ1) is 26.2. The van der Waals surface area contributed by atoms with E-state index in [2.05, 4.69) is 34.5 Å². The highest BCUT2D eigenvalue weighted by molar-refractivity contribution is 7.91. The van der Waals surface area contributed by atoms with Crippen LogP contribution in [0.5, 0.6) is 0 Å². The van der Waals surface area contributed by atoms with E-state index in [1.165, 1.54) is 21.2 Å². The van der Waals surface area contributed by atoms with Crippen molar-refractivity contribution in [2.75, 3.05) is 46.4 Å². The molecular formula is C27H31ClN4O4S2. The SMILES string of the molecule is COCC12CN(S(=O)(=O)c3cc4ccc(Cl)cc4s3)CC(=O)N1CC1(CCN(Cc3ccccc3)CC1)N2. The Morgan fingerprint density at radius 1 is 1.08 bits per heavy atom. The largest absolute Gasteiger partial charge is 0.381 e. The second-order valence-electron chi connectivity index (χ2n) is 10.6. The van der Waals surface area contributed by atoms with Gasteiger partial charge >= 0.3 is 0 Å². The number of likely N-dealkylation sites (tertiary alicyclic amines) is 1. The first-order valence-corrected chi connectivity index (χ1v) is 15.4. The smallest absolute Gasteiger partial charge is 0.253 e. The van der Waals surface area contributed by atoms with Gasteiger partial charge in [0.2, 0.25) is 5.91 Å². The van der Waals surface area contributed by atoms with Gasteiger partial charge in [-0.15, -0.1) is 11.3 Å². The zero-order chi connectivity index (χ0) is 26.5. The van der Waals surface area contributed by atoms with Gasteiger partial charge in [0.15, 0.2) is 0 Å². The summed E-state index contributed by atoms with van der Waals surface area (Å²) in [7, 11) is -2.30. The molecule has 1 unspecified atom stereocenters. The van der Waals surface area contributed by atoms with Crippen LogP contribution < -0.4 is 5.32 Å². The molecule has 4 heterocycles. The minimum Gasteiger partial charge on any atom is -0.381 e. The first-order valence-electron chi connectivity index (χ1n) is 12.8. The number of thiophene rings is 1. The number of piperidine rings is 1. The highest BCUT2D eigenvalue weighted by Gasteiger charge is 2.59. The monoisotopic (exact) mass is 574 g/mol. The van der Waals surface area contributed by atoms with Gasteiger partial charge in [-0.05, 0) is 42.0 Å². The Labute approximate surface area is 232 Å². The number of carbonyl (C=O) groups is 1. The van der Waals surface area contributed by atoms with Crippen LogP contribution in [-0.2, 0) is 26.1 Å². The molecule has 3 fully saturated rings. The Bertz CT molecular complexity index is 1460. The maximum Gasteiger partial charge on any atom is 0.253 e. The Morgan fingerprint density at radius 2 is 1.84 bits per heavy atom. The van der Waals surface area contributed by atoms with Gasteiger partial charge in [0.05, 0.1) is 19.7 Å². The van der Waals surface area contributed by atoms with E-state index in [4.69, 9.17) is 16.3 Å². The maximum atomic E-state index is 13.8. The number of sulfonamides is 1. The van der Waals surface area contributed by atoms with Crippen molar-refractivity contribution in [1.82, 2.24) is 19.4 Å². The molecule has 8 nitrogen and oxygen atoms in total. The van der Waals surface area contributed by atoms with Crippen LogP contribution in [-0.4, -0.2) is 86.1 Å². The van der Waals surface area contributed by atoms with Crippen molar-refractivity contribution in [3.05, 3.63) is 65.2 Å². The third kappa shape index (κ3) is 4.66. The molecule has 3 aromatic rings. The van der Waals surface area contributed by atoms with Crippen LogP contribution in [0.15, 0.2) is 58.8 Å². The summed E-state index contributed by atoms with van der Waals surface area (Å²) in [5, 5.41) is 5.13. The number of fused-ring (bicyclic) bond motifs is 2. The van der Waals surface area contributed by atoms with Crippen LogP contribution in [0.25, 0.3) is 10.1 Å². The number of nitrogens with one attached hydrogen (secondary N) is 1. The minimum atomic E-state index is -3.89. The molecule has 0 radical (unpaired) electrons. The van der Waals surface area contributed by atoms with Gasteiger partial charge in [-0.1, -0.05) is 48.0 Å². The summed E-state index contributed by atoms with van der Waals surface area (Å²) in [4.78, 5) is 17.8. The molecule has 38 heavy (non-hydrogen) atoms. The molecule has 0 saturated carbocycles. The normalized spacial score (nSPS) is 24.4. The van der Waals surface area contributed by atoms with E-state index in [9.17, 15) is 13.2 Å². The van der Waals surface area contributed by atoms with Gasteiger partial charge in [0, 0.05) is 48.6 Å². The van der Waals surface area contributed by atoms with Gasteiger partial charge in [0.1, 0.15) is 9.87 Å². The second-order valence-corrected chi connectivity index (χ2v) is 14.3. The number of nitrogens with zero attached hydrogens (tertiary/aromatic N) is 3. The summed E-state index contributed by atoms with van der Waals surface area (Å²) >= 11 is 7.29. The molecule has 1 atom stereocenters. The van der Waals surface area contributed by atoms with Crippen molar-refractivity contribution in [2.24, 2.45) is 0 Å². The Balaban J connectivity index is 1.23. The average molecular weight is 575 g/mol. The molecule has 1 aromatic heterocycles. The third-order valence-corrected chi connectivity index (χ3v) is 11.6. The van der Waals surface area contributed by atoms with Crippen molar-refractivity contribution >= 4 is 49.0 Å². The Hall–Kier alpha value is -2.05. The number of piperazine rings is 1. The lowest BCUT2D eigenvalue weighted by atomic mass is 9.88. The molecule has 11 heteroatoms. The third-order valence-electron chi connectivity index (χ3n) is 8.02. The number of benzene rings is 2. The lowest BCUT2D eigenvalue weighted by Crippen LogP contribution is -2.70. The molecule has 1 amide bonds. The zero-order valence-corrected chi connectivity index (χ0v) is 23.6. The van der Waals surface area contributed by atoms with E-state index in [0.717, 1.165) is 42.6 Å². The van der Waals surface area contributed by atoms with E-state index < -0.39 is 15.7 Å². The van der Waals surface area contributed by atoms with Crippen LogP contribution in [0.2, 0.25) is 5.02 Å². The number of hydrogen-bond acceptors (Lipinski definition) is 7. The molecule has 3 aliphatic rings. The summed E-state index contributed by atoms with van der Waals surface area (Å²) in [6, 6.07) is 17.4. The summed E-state index contributed by atoms with van der Waals surface area (Å²) in [5.41, 5.74) is 0.115. The van der Waals surface area contributed by atoms with Crippen molar-refractivity contribution in [1.29, 1.82) is 0 Å². The standard InChI is InChI=1S/C27H31ClN4O4S2/c1-36-19-27-18-31(38(34,35)25-13-21-7-8-22(28)14-23(21)37-25)16-24(33)32(27)17-26(29-27)9-11-30(12-10-26)15-20-5-3-2-4-6-20/h2-8,13-14,29H,9-12,15-19H2,1H3. The van der Waals surface area contributed by atoms with Crippen molar-refractivity contribution in [3.8, 4) is 0 Å². The Kier molecular flexibility index (Phi) is 6.79. The van der Waals surface area contributed by atoms with Gasteiger partial charge in [-0.2, -0.15) is 4.31 Å². The van der Waals surface area contributed by atoms with Gasteiger partial charge in [-0.3, -0.25) is 15.0 Å². The topological polar surface area (TPSA) is 82.2 Å². The lowest BCUT2D eigenvalue weighted by Gasteiger charge is -2.45. The first-order chi connectivity index (χ1) is 18.2. The summed E-state index contributed by atoms with van der Waals surface area (Å²) < 4.78 is 35.4. The lowest BCUT2D eigenvalue weighted by molar-refractivity contribution is -0.144. The predicted octanol–water partition coefficient (Wildman–Crippen LogP) is 3.37. The second kappa shape index (κ2) is 9.85. The van der Waals surface area contributed by atoms with Crippen LogP contribution in [0.3, 0.4) is 0 Å². The molecule has 3 aliphatic heterocycles. The number of methoxy groups -OCH3 is 1. The zero-order valence-electron chi connectivity index (χ0n) is 21.2. The fourth-order valence-corrected chi connectivity index (χ4v) is 9.43. The van der Waals surface area contributed by atoms with Gasteiger partial charge < -0.3 is 9.64 Å². The summed E-state index contributed by atoms with van der Waals surface area (Å²) in [5.74, 6) is -0.197. The number of ether oxygens (including phenoxy) is 1. The van der Waals surface area contributed by atoms with Gasteiger partial charge in [0.25, 0.3) is 10.0 Å². The molecule has 0 bridgehead atoms. The summed E-state index contributed by atoms with van der Waals surface area (Å²) in [6.45, 7) is 3.43. The van der Waals surface area contributed by atoms with E-state index >= 15 is 0 Å². The molecule has 1 spiro atoms. The highest BCUT2D eigenvalue weighted by atomic mass is 35.5. The highest BCUT2D eigenvalue weighted by Crippen LogP contribution is 2.40. The van der Waals surface area contributed by atoms with Crippen LogP contribution in [0, 0.1) is 0 Å². The Morgan fingerprint density at radius 3 is 2.58 bits per heavy atom. The molecule has 3 saturated heterocycles. The number of rotatable bonds is 6. The van der Waals surface area contributed by atoms with Crippen molar-refractivity contribution in [3.63, 3.8) is 0 Å².